The van der Waals surface area contributed by atoms with Crippen molar-refractivity contribution < 1.29 is 14.0 Å². The molecule has 0 spiro atoms. The number of carbonyl (C=O) groups is 2. The number of nitrogens with zero attached hydrogens (tertiary/aromatic N) is 3. The van der Waals surface area contributed by atoms with Gasteiger partial charge in [-0.3, -0.25) is 15.2 Å². The molecule has 1 aromatic carbocycles. The largest absolute Gasteiger partial charge is 0.334 e. The van der Waals surface area contributed by atoms with E-state index in [0.717, 1.165) is 0 Å². The van der Waals surface area contributed by atoms with Gasteiger partial charge in [0.05, 0.1) is 17.3 Å². The highest BCUT2D eigenvalue weighted by Crippen LogP contribution is 2.18. The molecule has 0 atom stereocenters. The van der Waals surface area contributed by atoms with Gasteiger partial charge in [0.2, 0.25) is 0 Å². The smallest absolute Gasteiger partial charge is 0.321 e. The van der Waals surface area contributed by atoms with E-state index in [4.69, 9.17) is 11.6 Å². The third-order valence-electron chi connectivity index (χ3n) is 3.66. The molecule has 2 heterocycles. The summed E-state index contributed by atoms with van der Waals surface area (Å²) in [6, 6.07) is 5.51. The van der Waals surface area contributed by atoms with Crippen LogP contribution in [0, 0.1) is 5.82 Å². The lowest BCUT2D eigenvalue weighted by molar-refractivity contribution is 0.0778. The van der Waals surface area contributed by atoms with Crippen molar-refractivity contribution in [3.05, 3.63) is 63.6 Å². The van der Waals surface area contributed by atoms with Crippen LogP contribution in [0.1, 0.15) is 21.7 Å². The number of thiazole rings is 1. The summed E-state index contributed by atoms with van der Waals surface area (Å²) in [4.78, 5) is 29.9. The van der Waals surface area contributed by atoms with Crippen LogP contribution in [0.25, 0.3) is 0 Å². The predicted octanol–water partition coefficient (Wildman–Crippen LogP) is 3.25. The van der Waals surface area contributed by atoms with Gasteiger partial charge < -0.3 is 10.2 Å². The van der Waals surface area contributed by atoms with Gasteiger partial charge >= 0.3 is 6.03 Å². The number of carbonyl (C=O) groups excluding carboxylic acids is 2. The summed E-state index contributed by atoms with van der Waals surface area (Å²) in [5.41, 5.74) is 1.38. The minimum absolute atomic E-state index is 0.134. The number of nitrogens with one attached hydrogen (secondary N) is 3. The summed E-state index contributed by atoms with van der Waals surface area (Å²) in [5.74, 6) is -0.708. The topological polar surface area (TPSA) is 103 Å². The Kier molecular flexibility index (Phi) is 6.22. The first-order valence-electron chi connectivity index (χ1n) is 8.11. The number of H-pyrrole nitrogens is 1. The van der Waals surface area contributed by atoms with Crippen molar-refractivity contribution in [3.8, 4) is 0 Å². The molecule has 3 N–H and O–H groups in total. The summed E-state index contributed by atoms with van der Waals surface area (Å²) in [5, 5.41) is 13.9. The first-order valence-corrected chi connectivity index (χ1v) is 9.36. The van der Waals surface area contributed by atoms with Crippen molar-refractivity contribution in [2.75, 3.05) is 12.4 Å². The molecule has 3 amide bonds. The first kappa shape index (κ1) is 19.8. The number of benzene rings is 1. The lowest BCUT2D eigenvalue weighted by atomic mass is 10.2. The van der Waals surface area contributed by atoms with Crippen molar-refractivity contribution in [1.82, 2.24) is 25.4 Å². The Labute approximate surface area is 168 Å². The zero-order valence-electron chi connectivity index (χ0n) is 14.7. The summed E-state index contributed by atoms with van der Waals surface area (Å²) >= 11 is 7.12. The van der Waals surface area contributed by atoms with Gasteiger partial charge in [-0.1, -0.05) is 23.7 Å². The molecule has 11 heteroatoms. The Morgan fingerprint density at radius 3 is 2.93 bits per heavy atom. The molecule has 0 aliphatic heterocycles. The van der Waals surface area contributed by atoms with Gasteiger partial charge in [0, 0.05) is 25.2 Å². The third kappa shape index (κ3) is 5.05. The molecule has 146 valence electrons. The van der Waals surface area contributed by atoms with Crippen LogP contribution >= 0.6 is 22.9 Å². The summed E-state index contributed by atoms with van der Waals surface area (Å²) in [7, 11) is 1.60. The minimum atomic E-state index is -0.460. The maximum Gasteiger partial charge on any atom is 0.321 e. The minimum Gasteiger partial charge on any atom is -0.334 e. The van der Waals surface area contributed by atoms with Crippen LogP contribution in [0.3, 0.4) is 0 Å². The molecule has 0 unspecified atom stereocenters. The van der Waals surface area contributed by atoms with E-state index in [1.54, 1.807) is 24.6 Å². The molecule has 3 aromatic rings. The van der Waals surface area contributed by atoms with E-state index in [2.05, 4.69) is 25.8 Å². The molecule has 0 saturated heterocycles. The number of urea groups is 1. The van der Waals surface area contributed by atoms with Crippen LogP contribution in [0.4, 0.5) is 14.3 Å². The van der Waals surface area contributed by atoms with Crippen LogP contribution in [0.5, 0.6) is 0 Å². The van der Waals surface area contributed by atoms with Crippen LogP contribution < -0.4 is 10.6 Å². The second-order valence-electron chi connectivity index (χ2n) is 5.82. The zero-order chi connectivity index (χ0) is 20.1. The third-order valence-corrected chi connectivity index (χ3v) is 4.75. The summed E-state index contributed by atoms with van der Waals surface area (Å²) in [6.07, 6.45) is 1.43. The average Bonchev–Trinajstić information content (AvgIpc) is 3.28. The highest BCUT2D eigenvalue weighted by molar-refractivity contribution is 7.13. The van der Waals surface area contributed by atoms with Gasteiger partial charge in [-0.05, 0) is 17.7 Å². The predicted molar refractivity (Wildman–Crippen MR) is 104 cm³/mol. The average molecular weight is 423 g/mol. The molecule has 3 rings (SSSR count). The quantitative estimate of drug-likeness (QED) is 0.567. The molecule has 28 heavy (non-hydrogen) atoms. The standard InChI is InChI=1S/C17H16ClFN6O2S/c1-25(15(26)14-13(18)7-21-24-14)8-12-9-28-17(22-12)23-16(27)20-6-10-3-2-4-11(19)5-10/h2-5,7,9H,6,8H2,1H3,(H,21,24)(H2,20,22,23,27). The van der Waals surface area contributed by atoms with Gasteiger partial charge in [0.1, 0.15) is 5.82 Å². The van der Waals surface area contributed by atoms with Crippen molar-refractivity contribution in [1.29, 1.82) is 0 Å². The number of halogens is 2. The maximum absolute atomic E-state index is 13.1. The van der Waals surface area contributed by atoms with Gasteiger partial charge in [-0.25, -0.2) is 14.2 Å². The molecule has 0 fully saturated rings. The second-order valence-corrected chi connectivity index (χ2v) is 7.09. The zero-order valence-corrected chi connectivity index (χ0v) is 16.3. The number of hydrogen-bond donors (Lipinski definition) is 3. The van der Waals surface area contributed by atoms with Gasteiger partial charge in [-0.15, -0.1) is 11.3 Å². The van der Waals surface area contributed by atoms with E-state index in [-0.39, 0.29) is 35.5 Å². The van der Waals surface area contributed by atoms with Crippen molar-refractivity contribution in [3.63, 3.8) is 0 Å². The highest BCUT2D eigenvalue weighted by Gasteiger charge is 2.19. The lowest BCUT2D eigenvalue weighted by Gasteiger charge is -2.14. The monoisotopic (exact) mass is 422 g/mol. The first-order chi connectivity index (χ1) is 13.4. The van der Waals surface area contributed by atoms with Crippen molar-refractivity contribution in [2.24, 2.45) is 0 Å². The van der Waals surface area contributed by atoms with Crippen LogP contribution in [-0.4, -0.2) is 39.1 Å². The fourth-order valence-electron chi connectivity index (χ4n) is 2.33. The Morgan fingerprint density at radius 2 is 2.21 bits per heavy atom. The molecule has 2 aromatic heterocycles. The van der Waals surface area contributed by atoms with E-state index < -0.39 is 6.03 Å². The molecule has 0 aliphatic rings. The number of hydrogen-bond acceptors (Lipinski definition) is 5. The normalized spacial score (nSPS) is 10.5. The van der Waals surface area contributed by atoms with E-state index in [9.17, 15) is 14.0 Å². The molecule has 0 saturated carbocycles. The van der Waals surface area contributed by atoms with Crippen LogP contribution in [0.15, 0.2) is 35.8 Å². The Morgan fingerprint density at radius 1 is 1.39 bits per heavy atom. The van der Waals surface area contributed by atoms with E-state index in [0.29, 0.717) is 16.4 Å². The number of aromatic nitrogens is 3. The summed E-state index contributed by atoms with van der Waals surface area (Å²) < 4.78 is 13.1. The Hall–Kier alpha value is -2.98. The number of anilines is 1. The van der Waals surface area contributed by atoms with E-state index in [1.165, 1.54) is 34.6 Å². The molecular formula is C17H16ClFN6O2S. The number of rotatable bonds is 6. The second kappa shape index (κ2) is 8.81. The number of amides is 3. The fourth-order valence-corrected chi connectivity index (χ4v) is 3.20. The van der Waals surface area contributed by atoms with Crippen molar-refractivity contribution >= 4 is 40.0 Å². The number of aromatic amines is 1. The van der Waals surface area contributed by atoms with Crippen molar-refractivity contribution in [2.45, 2.75) is 13.1 Å². The molecule has 0 aliphatic carbocycles. The molecule has 0 radical (unpaired) electrons. The van der Waals surface area contributed by atoms with Gasteiger partial charge in [0.15, 0.2) is 10.8 Å². The Balaban J connectivity index is 1.51. The molecule has 8 nitrogen and oxygen atoms in total. The SMILES string of the molecule is CN(Cc1csc(NC(=O)NCc2cccc(F)c2)n1)C(=O)c1n[nH]cc1Cl. The van der Waals surface area contributed by atoms with Gasteiger partial charge in [-0.2, -0.15) is 5.10 Å². The van der Waals surface area contributed by atoms with E-state index >= 15 is 0 Å². The molecule has 0 bridgehead atoms. The van der Waals surface area contributed by atoms with E-state index in [1.807, 2.05) is 0 Å². The maximum atomic E-state index is 13.1. The van der Waals surface area contributed by atoms with Crippen LogP contribution in [0.2, 0.25) is 5.02 Å². The van der Waals surface area contributed by atoms with Gasteiger partial charge in [0.25, 0.3) is 5.91 Å². The molecular weight excluding hydrogens is 407 g/mol. The summed E-state index contributed by atoms with van der Waals surface area (Å²) in [6.45, 7) is 0.411. The Bertz CT molecular complexity index is 991. The lowest BCUT2D eigenvalue weighted by Crippen LogP contribution is -2.28. The van der Waals surface area contributed by atoms with Crippen LogP contribution in [-0.2, 0) is 13.1 Å². The fraction of sp³-hybridized carbons (Fsp3) is 0.176. The highest BCUT2D eigenvalue weighted by atomic mass is 35.5.